The summed E-state index contributed by atoms with van der Waals surface area (Å²) in [6.07, 6.45) is 2.19. The smallest absolute Gasteiger partial charge is 0.410 e. The number of fused-ring (bicyclic) bond motifs is 1. The standard InChI is InChI=1S/C14H24N2O4/c1-14(2,3)20-13(18)16-7-5-6-9-11(16)8-10(15-9)12(17)19-4/h9-11,15H,5-8H2,1-4H3. The molecule has 0 spiro atoms. The van der Waals surface area contributed by atoms with Gasteiger partial charge in [0.25, 0.3) is 0 Å². The quantitative estimate of drug-likeness (QED) is 0.735. The number of esters is 1. The summed E-state index contributed by atoms with van der Waals surface area (Å²) < 4.78 is 10.2. The Labute approximate surface area is 119 Å². The molecule has 0 bridgehead atoms. The van der Waals surface area contributed by atoms with E-state index >= 15 is 0 Å². The van der Waals surface area contributed by atoms with Gasteiger partial charge in [-0.15, -0.1) is 0 Å². The van der Waals surface area contributed by atoms with Crippen molar-refractivity contribution in [2.75, 3.05) is 13.7 Å². The zero-order chi connectivity index (χ0) is 14.9. The second-order valence-corrected chi connectivity index (χ2v) is 6.47. The Balaban J connectivity index is 2.04. The van der Waals surface area contributed by atoms with Gasteiger partial charge in [-0.25, -0.2) is 4.79 Å². The van der Waals surface area contributed by atoms with Crippen molar-refractivity contribution in [3.63, 3.8) is 0 Å². The van der Waals surface area contributed by atoms with E-state index in [4.69, 9.17) is 9.47 Å². The fourth-order valence-electron chi connectivity index (χ4n) is 2.96. The molecule has 2 fully saturated rings. The summed E-state index contributed by atoms with van der Waals surface area (Å²) in [4.78, 5) is 25.7. The van der Waals surface area contributed by atoms with E-state index in [1.165, 1.54) is 7.11 Å². The van der Waals surface area contributed by atoms with Crippen molar-refractivity contribution in [2.45, 2.75) is 63.8 Å². The molecule has 6 nitrogen and oxygen atoms in total. The number of methoxy groups -OCH3 is 1. The van der Waals surface area contributed by atoms with Gasteiger partial charge in [0, 0.05) is 12.6 Å². The van der Waals surface area contributed by atoms with Gasteiger partial charge in [0.2, 0.25) is 0 Å². The summed E-state index contributed by atoms with van der Waals surface area (Å²) in [5, 5.41) is 3.27. The molecule has 0 radical (unpaired) electrons. The van der Waals surface area contributed by atoms with Crippen LogP contribution in [-0.2, 0) is 14.3 Å². The lowest BCUT2D eigenvalue weighted by atomic mass is 9.97. The van der Waals surface area contributed by atoms with Gasteiger partial charge in [0.1, 0.15) is 11.6 Å². The third-order valence-corrected chi connectivity index (χ3v) is 3.79. The topological polar surface area (TPSA) is 67.9 Å². The first-order valence-corrected chi connectivity index (χ1v) is 7.15. The van der Waals surface area contributed by atoms with Crippen LogP contribution in [0.3, 0.4) is 0 Å². The molecule has 6 heteroatoms. The van der Waals surface area contributed by atoms with Gasteiger partial charge < -0.3 is 14.4 Å². The van der Waals surface area contributed by atoms with Gasteiger partial charge in [-0.05, 0) is 40.0 Å². The monoisotopic (exact) mass is 284 g/mol. The van der Waals surface area contributed by atoms with E-state index in [1.807, 2.05) is 20.8 Å². The van der Waals surface area contributed by atoms with Crippen molar-refractivity contribution in [1.29, 1.82) is 0 Å². The van der Waals surface area contributed by atoms with E-state index in [0.717, 1.165) is 12.8 Å². The van der Waals surface area contributed by atoms with Crippen LogP contribution in [0.2, 0.25) is 0 Å². The highest BCUT2D eigenvalue weighted by molar-refractivity contribution is 5.77. The summed E-state index contributed by atoms with van der Waals surface area (Å²) in [7, 11) is 1.39. The van der Waals surface area contributed by atoms with Crippen molar-refractivity contribution in [1.82, 2.24) is 10.2 Å². The fourth-order valence-corrected chi connectivity index (χ4v) is 2.96. The van der Waals surface area contributed by atoms with Crippen molar-refractivity contribution in [3.8, 4) is 0 Å². The molecule has 3 unspecified atom stereocenters. The highest BCUT2D eigenvalue weighted by atomic mass is 16.6. The van der Waals surface area contributed by atoms with Gasteiger partial charge in [-0.3, -0.25) is 10.1 Å². The van der Waals surface area contributed by atoms with Gasteiger partial charge in [0.05, 0.1) is 13.2 Å². The normalized spacial score (nSPS) is 29.8. The first-order chi connectivity index (χ1) is 9.31. The van der Waals surface area contributed by atoms with Crippen molar-refractivity contribution < 1.29 is 19.1 Å². The number of rotatable bonds is 1. The molecule has 2 saturated heterocycles. The lowest BCUT2D eigenvalue weighted by molar-refractivity contribution is -0.142. The highest BCUT2D eigenvalue weighted by Crippen LogP contribution is 2.29. The van der Waals surface area contributed by atoms with Crippen LogP contribution in [0.5, 0.6) is 0 Å². The van der Waals surface area contributed by atoms with E-state index in [2.05, 4.69) is 5.32 Å². The second kappa shape index (κ2) is 5.60. The number of carbonyl (C=O) groups is 2. The SMILES string of the molecule is COC(=O)C1CC2C(CCCN2C(=O)OC(C)(C)C)N1. The third-order valence-electron chi connectivity index (χ3n) is 3.79. The fraction of sp³-hybridized carbons (Fsp3) is 0.857. The third kappa shape index (κ3) is 3.23. The average Bonchev–Trinajstić information content (AvgIpc) is 2.79. The molecule has 1 amide bonds. The molecule has 114 valence electrons. The van der Waals surface area contributed by atoms with E-state index in [9.17, 15) is 9.59 Å². The molecule has 3 atom stereocenters. The number of likely N-dealkylation sites (tertiary alicyclic amines) is 1. The molecule has 0 aromatic rings. The molecule has 1 N–H and O–H groups in total. The summed E-state index contributed by atoms with van der Waals surface area (Å²) >= 11 is 0. The summed E-state index contributed by atoms with van der Waals surface area (Å²) in [6.45, 7) is 6.26. The van der Waals surface area contributed by atoms with Crippen molar-refractivity contribution >= 4 is 12.1 Å². The van der Waals surface area contributed by atoms with Crippen molar-refractivity contribution in [2.24, 2.45) is 0 Å². The number of carbonyl (C=O) groups excluding carboxylic acids is 2. The first kappa shape index (κ1) is 15.1. The number of hydrogen-bond acceptors (Lipinski definition) is 5. The van der Waals surface area contributed by atoms with Crippen LogP contribution in [0.4, 0.5) is 4.79 Å². The predicted octanol–water partition coefficient (Wildman–Crippen LogP) is 1.29. The zero-order valence-corrected chi connectivity index (χ0v) is 12.6. The van der Waals surface area contributed by atoms with Crippen LogP contribution in [0.25, 0.3) is 0 Å². The van der Waals surface area contributed by atoms with Gasteiger partial charge in [0.15, 0.2) is 0 Å². The molecule has 2 heterocycles. The van der Waals surface area contributed by atoms with Crippen LogP contribution >= 0.6 is 0 Å². The molecule has 0 saturated carbocycles. The minimum absolute atomic E-state index is 0.0164. The minimum Gasteiger partial charge on any atom is -0.468 e. The van der Waals surface area contributed by atoms with Crippen LogP contribution in [0.1, 0.15) is 40.0 Å². The van der Waals surface area contributed by atoms with Crippen LogP contribution in [-0.4, -0.2) is 54.3 Å². The van der Waals surface area contributed by atoms with E-state index in [0.29, 0.717) is 13.0 Å². The minimum atomic E-state index is -0.502. The van der Waals surface area contributed by atoms with Crippen molar-refractivity contribution in [3.05, 3.63) is 0 Å². The Morgan fingerprint density at radius 2 is 2.00 bits per heavy atom. The maximum atomic E-state index is 12.3. The Morgan fingerprint density at radius 3 is 2.60 bits per heavy atom. The van der Waals surface area contributed by atoms with Crippen LogP contribution in [0.15, 0.2) is 0 Å². The maximum Gasteiger partial charge on any atom is 0.410 e. The molecular weight excluding hydrogens is 260 g/mol. The Kier molecular flexibility index (Phi) is 4.22. The number of nitrogens with zero attached hydrogens (tertiary/aromatic N) is 1. The zero-order valence-electron chi connectivity index (χ0n) is 12.6. The number of amides is 1. The summed E-state index contributed by atoms with van der Waals surface area (Å²) in [5.74, 6) is -0.261. The Bertz CT molecular complexity index is 391. The molecule has 2 aliphatic heterocycles. The van der Waals surface area contributed by atoms with Gasteiger partial charge >= 0.3 is 12.1 Å². The summed E-state index contributed by atoms with van der Waals surface area (Å²) in [5.41, 5.74) is -0.502. The average molecular weight is 284 g/mol. The Hall–Kier alpha value is -1.30. The molecule has 0 aromatic heterocycles. The highest BCUT2D eigenvalue weighted by Gasteiger charge is 2.45. The number of hydrogen-bond donors (Lipinski definition) is 1. The molecule has 0 aliphatic carbocycles. The van der Waals surface area contributed by atoms with Crippen LogP contribution < -0.4 is 5.32 Å². The largest absolute Gasteiger partial charge is 0.468 e. The van der Waals surface area contributed by atoms with E-state index < -0.39 is 5.60 Å². The lowest BCUT2D eigenvalue weighted by Gasteiger charge is -2.37. The predicted molar refractivity (Wildman–Crippen MR) is 73.3 cm³/mol. The number of ether oxygens (including phenoxy) is 2. The maximum absolute atomic E-state index is 12.3. The van der Waals surface area contributed by atoms with E-state index in [-0.39, 0.29) is 30.2 Å². The van der Waals surface area contributed by atoms with Gasteiger partial charge in [-0.1, -0.05) is 0 Å². The summed E-state index contributed by atoms with van der Waals surface area (Å²) in [6, 6.07) is -0.152. The number of nitrogens with one attached hydrogen (secondary N) is 1. The molecule has 2 rings (SSSR count). The van der Waals surface area contributed by atoms with E-state index in [1.54, 1.807) is 4.90 Å². The second-order valence-electron chi connectivity index (χ2n) is 6.47. The molecule has 2 aliphatic rings. The molecule has 0 aromatic carbocycles. The van der Waals surface area contributed by atoms with Gasteiger partial charge in [-0.2, -0.15) is 0 Å². The first-order valence-electron chi connectivity index (χ1n) is 7.15. The molecular formula is C14H24N2O4. The van der Waals surface area contributed by atoms with Crippen LogP contribution in [0, 0.1) is 0 Å². The Morgan fingerprint density at radius 1 is 1.30 bits per heavy atom. The molecule has 20 heavy (non-hydrogen) atoms. The lowest BCUT2D eigenvalue weighted by Crippen LogP contribution is -2.52. The number of piperidine rings is 1.